The van der Waals surface area contributed by atoms with E-state index in [9.17, 15) is 5.11 Å². The molecule has 1 unspecified atom stereocenters. The summed E-state index contributed by atoms with van der Waals surface area (Å²) in [5.74, 6) is 0. The smallest absolute Gasteiger partial charge is 0.0885 e. The third-order valence-electron chi connectivity index (χ3n) is 2.42. The molecule has 0 fully saturated rings. The number of rotatable bonds is 4. The van der Waals surface area contributed by atoms with E-state index in [1.54, 1.807) is 11.3 Å². The van der Waals surface area contributed by atoms with E-state index in [1.807, 2.05) is 18.2 Å². The average Bonchev–Trinajstić information content (AvgIpc) is 2.69. The predicted octanol–water partition coefficient (Wildman–Crippen LogP) is 3.90. The van der Waals surface area contributed by atoms with Crippen LogP contribution < -0.4 is 0 Å². The first-order valence-corrected chi connectivity index (χ1v) is 5.90. The van der Waals surface area contributed by atoms with Gasteiger partial charge in [0.25, 0.3) is 0 Å². The second-order valence-corrected chi connectivity index (χ2v) is 4.68. The maximum Gasteiger partial charge on any atom is 0.0885 e. The van der Waals surface area contributed by atoms with Gasteiger partial charge in [0.15, 0.2) is 0 Å². The minimum atomic E-state index is -0.347. The van der Waals surface area contributed by atoms with Crippen LogP contribution in [0.1, 0.15) is 23.8 Å². The zero-order valence-corrected chi connectivity index (χ0v) is 9.33. The van der Waals surface area contributed by atoms with Crippen LogP contribution in [0.25, 0.3) is 10.1 Å². The molecule has 0 radical (unpaired) electrons. The summed E-state index contributed by atoms with van der Waals surface area (Å²) in [5, 5.41) is 11.1. The summed E-state index contributed by atoms with van der Waals surface area (Å²) in [6.45, 7) is 3.66. The summed E-state index contributed by atoms with van der Waals surface area (Å²) < 4.78 is 1.24. The van der Waals surface area contributed by atoms with Crippen molar-refractivity contribution < 1.29 is 5.11 Å². The van der Waals surface area contributed by atoms with Crippen LogP contribution in [0.3, 0.4) is 0 Å². The molecule has 0 saturated carbocycles. The molecule has 1 aromatic heterocycles. The van der Waals surface area contributed by atoms with Gasteiger partial charge in [-0.25, -0.2) is 0 Å². The average molecular weight is 218 g/mol. The molecule has 2 aromatic rings. The molecule has 1 heterocycles. The van der Waals surface area contributed by atoms with Gasteiger partial charge in [-0.3, -0.25) is 0 Å². The SMILES string of the molecule is C=CCCC(O)c1cc2ccccc2s1. The van der Waals surface area contributed by atoms with E-state index in [-0.39, 0.29) is 6.10 Å². The van der Waals surface area contributed by atoms with Crippen LogP contribution in [0.2, 0.25) is 0 Å². The first-order chi connectivity index (χ1) is 7.31. The summed E-state index contributed by atoms with van der Waals surface area (Å²) in [7, 11) is 0. The Hall–Kier alpha value is -1.12. The molecular weight excluding hydrogens is 204 g/mol. The third kappa shape index (κ3) is 2.28. The number of aliphatic hydroxyl groups excluding tert-OH is 1. The number of hydrogen-bond donors (Lipinski definition) is 1. The molecule has 15 heavy (non-hydrogen) atoms. The highest BCUT2D eigenvalue weighted by atomic mass is 32.1. The fraction of sp³-hybridized carbons (Fsp3) is 0.231. The zero-order valence-electron chi connectivity index (χ0n) is 8.52. The van der Waals surface area contributed by atoms with Crippen molar-refractivity contribution >= 4 is 21.4 Å². The number of thiophene rings is 1. The molecule has 2 rings (SSSR count). The zero-order chi connectivity index (χ0) is 10.7. The number of hydrogen-bond acceptors (Lipinski definition) is 2. The van der Waals surface area contributed by atoms with Gasteiger partial charge in [0.05, 0.1) is 6.10 Å². The van der Waals surface area contributed by atoms with Crippen molar-refractivity contribution in [3.8, 4) is 0 Å². The van der Waals surface area contributed by atoms with Crippen LogP contribution in [-0.2, 0) is 0 Å². The topological polar surface area (TPSA) is 20.2 Å². The van der Waals surface area contributed by atoms with Gasteiger partial charge >= 0.3 is 0 Å². The van der Waals surface area contributed by atoms with Gasteiger partial charge < -0.3 is 5.11 Å². The Morgan fingerprint density at radius 1 is 1.40 bits per heavy atom. The normalized spacial score (nSPS) is 12.9. The van der Waals surface area contributed by atoms with E-state index in [1.165, 1.54) is 10.1 Å². The highest BCUT2D eigenvalue weighted by Gasteiger charge is 2.09. The molecule has 1 aromatic carbocycles. The van der Waals surface area contributed by atoms with Gasteiger partial charge in [0.1, 0.15) is 0 Å². The van der Waals surface area contributed by atoms with Crippen molar-refractivity contribution in [1.29, 1.82) is 0 Å². The van der Waals surface area contributed by atoms with Crippen molar-refractivity contribution in [3.63, 3.8) is 0 Å². The van der Waals surface area contributed by atoms with Crippen molar-refractivity contribution in [2.75, 3.05) is 0 Å². The van der Waals surface area contributed by atoms with Gasteiger partial charge in [-0.2, -0.15) is 0 Å². The van der Waals surface area contributed by atoms with Crippen LogP contribution in [0, 0.1) is 0 Å². The Bertz CT molecular complexity index is 425. The fourth-order valence-corrected chi connectivity index (χ4v) is 2.67. The van der Waals surface area contributed by atoms with Crippen molar-refractivity contribution in [2.45, 2.75) is 18.9 Å². The molecule has 78 valence electrons. The Morgan fingerprint density at radius 2 is 2.20 bits per heavy atom. The molecular formula is C13H14OS. The molecule has 0 aliphatic carbocycles. The van der Waals surface area contributed by atoms with Crippen LogP contribution >= 0.6 is 11.3 Å². The second-order valence-electron chi connectivity index (χ2n) is 3.57. The quantitative estimate of drug-likeness (QED) is 0.772. The van der Waals surface area contributed by atoms with Gasteiger partial charge in [-0.1, -0.05) is 24.3 Å². The summed E-state index contributed by atoms with van der Waals surface area (Å²) >= 11 is 1.67. The first kappa shape index (κ1) is 10.4. The monoisotopic (exact) mass is 218 g/mol. The molecule has 0 aliphatic rings. The van der Waals surface area contributed by atoms with Crippen LogP contribution in [0.5, 0.6) is 0 Å². The van der Waals surface area contributed by atoms with Crippen molar-refractivity contribution in [3.05, 3.63) is 47.9 Å². The van der Waals surface area contributed by atoms with Gasteiger partial charge in [0.2, 0.25) is 0 Å². The summed E-state index contributed by atoms with van der Waals surface area (Å²) in [5.41, 5.74) is 0. The number of allylic oxidation sites excluding steroid dienone is 1. The Kier molecular flexibility index (Phi) is 3.19. The lowest BCUT2D eigenvalue weighted by atomic mass is 10.1. The predicted molar refractivity (Wildman–Crippen MR) is 66.2 cm³/mol. The lowest BCUT2D eigenvalue weighted by molar-refractivity contribution is 0.172. The molecule has 0 bridgehead atoms. The van der Waals surface area contributed by atoms with E-state index in [4.69, 9.17) is 0 Å². The summed E-state index contributed by atoms with van der Waals surface area (Å²) in [6, 6.07) is 10.3. The van der Waals surface area contributed by atoms with Gasteiger partial charge in [-0.15, -0.1) is 17.9 Å². The first-order valence-electron chi connectivity index (χ1n) is 5.08. The minimum absolute atomic E-state index is 0.347. The van der Waals surface area contributed by atoms with Crippen molar-refractivity contribution in [2.24, 2.45) is 0 Å². The summed E-state index contributed by atoms with van der Waals surface area (Å²) in [6.07, 6.45) is 3.11. The third-order valence-corrected chi connectivity index (χ3v) is 3.63. The Morgan fingerprint density at radius 3 is 2.93 bits per heavy atom. The van der Waals surface area contributed by atoms with Crippen molar-refractivity contribution in [1.82, 2.24) is 0 Å². The lowest BCUT2D eigenvalue weighted by Crippen LogP contribution is -1.92. The van der Waals surface area contributed by atoms with Gasteiger partial charge in [-0.05, 0) is 30.4 Å². The molecule has 0 spiro atoms. The summed E-state index contributed by atoms with van der Waals surface area (Å²) in [4.78, 5) is 1.05. The molecule has 1 atom stereocenters. The molecule has 0 amide bonds. The van der Waals surface area contributed by atoms with Gasteiger partial charge in [0, 0.05) is 9.58 Å². The van der Waals surface area contributed by atoms with E-state index >= 15 is 0 Å². The van der Waals surface area contributed by atoms with Crippen LogP contribution in [0.4, 0.5) is 0 Å². The van der Waals surface area contributed by atoms with Crippen LogP contribution in [-0.4, -0.2) is 5.11 Å². The standard InChI is InChI=1S/C13H14OS/c1-2-3-7-11(14)13-9-10-6-4-5-8-12(10)15-13/h2,4-6,8-9,11,14H,1,3,7H2. The largest absolute Gasteiger partial charge is 0.388 e. The Balaban J connectivity index is 2.24. The van der Waals surface area contributed by atoms with E-state index in [0.717, 1.165) is 17.7 Å². The number of fused-ring (bicyclic) bond motifs is 1. The highest BCUT2D eigenvalue weighted by Crippen LogP contribution is 2.31. The Labute approximate surface area is 93.7 Å². The van der Waals surface area contributed by atoms with E-state index in [0.29, 0.717) is 0 Å². The molecule has 2 heteroatoms. The van der Waals surface area contributed by atoms with E-state index < -0.39 is 0 Å². The molecule has 1 N–H and O–H groups in total. The highest BCUT2D eigenvalue weighted by molar-refractivity contribution is 7.19. The van der Waals surface area contributed by atoms with Crippen LogP contribution in [0.15, 0.2) is 43.0 Å². The lowest BCUT2D eigenvalue weighted by Gasteiger charge is -2.04. The molecule has 1 nitrogen and oxygen atoms in total. The second kappa shape index (κ2) is 4.60. The molecule has 0 aliphatic heterocycles. The number of benzene rings is 1. The number of aliphatic hydroxyl groups is 1. The maximum atomic E-state index is 9.92. The van der Waals surface area contributed by atoms with E-state index in [2.05, 4.69) is 24.8 Å². The fourth-order valence-electron chi connectivity index (χ4n) is 1.58. The maximum absolute atomic E-state index is 9.92. The minimum Gasteiger partial charge on any atom is -0.388 e. The molecule has 0 saturated heterocycles.